The van der Waals surface area contributed by atoms with Crippen molar-refractivity contribution >= 4 is 5.70 Å². The maximum absolute atomic E-state index is 12.3. The fourth-order valence-corrected chi connectivity index (χ4v) is 1.09. The maximum atomic E-state index is 12.3. The average Bonchev–Trinajstić information content (AvgIpc) is 2.19. The molecule has 6 heteroatoms. The predicted molar refractivity (Wildman–Crippen MR) is 50.9 cm³/mol. The van der Waals surface area contributed by atoms with E-state index in [1.165, 1.54) is 12.1 Å². The Balaban J connectivity index is 3.14. The normalized spacial score (nSPS) is 12.7. The molecule has 5 N–H and O–H groups in total. The van der Waals surface area contributed by atoms with Crippen molar-refractivity contribution in [2.75, 3.05) is 0 Å². The van der Waals surface area contributed by atoms with Gasteiger partial charge in [0.15, 0.2) is 0 Å². The highest BCUT2D eigenvalue weighted by Crippen LogP contribution is 2.30. The molecular weight excluding hydrogens is 207 g/mol. The molecule has 0 aromatic heterocycles. The number of benzene rings is 1. The number of hydrogen-bond donors (Lipinski definition) is 3. The Morgan fingerprint density at radius 3 is 2.47 bits per heavy atom. The van der Waals surface area contributed by atoms with E-state index < -0.39 is 11.7 Å². The zero-order chi connectivity index (χ0) is 11.5. The van der Waals surface area contributed by atoms with Gasteiger partial charge in [-0.15, -0.1) is 0 Å². The Kier molecular flexibility index (Phi) is 3.21. The van der Waals surface area contributed by atoms with Gasteiger partial charge >= 0.3 is 6.18 Å². The first-order valence-electron chi connectivity index (χ1n) is 4.05. The first kappa shape index (κ1) is 11.4. The highest BCUT2D eigenvalue weighted by Gasteiger charge is 2.30. The van der Waals surface area contributed by atoms with E-state index >= 15 is 0 Å². The lowest BCUT2D eigenvalue weighted by Gasteiger charge is -2.10. The van der Waals surface area contributed by atoms with Crippen LogP contribution in [0.4, 0.5) is 13.2 Å². The molecule has 1 rings (SSSR count). The first-order valence-corrected chi connectivity index (χ1v) is 4.05. The van der Waals surface area contributed by atoms with Gasteiger partial charge in [0, 0.05) is 11.8 Å². The average molecular weight is 217 g/mol. The Hall–Kier alpha value is -1.69. The van der Waals surface area contributed by atoms with Gasteiger partial charge in [0.2, 0.25) is 0 Å². The second-order valence-corrected chi connectivity index (χ2v) is 2.80. The molecule has 0 saturated heterocycles. The molecule has 0 atom stereocenters. The lowest BCUT2D eigenvalue weighted by Crippen LogP contribution is -2.21. The van der Waals surface area contributed by atoms with Gasteiger partial charge in [0.05, 0.1) is 11.3 Å². The van der Waals surface area contributed by atoms with E-state index in [2.05, 4.69) is 5.43 Å². The van der Waals surface area contributed by atoms with E-state index in [4.69, 9.17) is 11.6 Å². The summed E-state index contributed by atoms with van der Waals surface area (Å²) in [6.45, 7) is 0. The molecule has 0 bridgehead atoms. The third-order valence-corrected chi connectivity index (χ3v) is 1.82. The Morgan fingerprint density at radius 1 is 1.33 bits per heavy atom. The number of alkyl halides is 3. The zero-order valence-corrected chi connectivity index (χ0v) is 7.68. The summed E-state index contributed by atoms with van der Waals surface area (Å²) in [6.07, 6.45) is -3.26. The molecule has 82 valence electrons. The predicted octanol–water partition coefficient (Wildman–Crippen LogP) is 1.43. The summed E-state index contributed by atoms with van der Waals surface area (Å²) in [6, 6.07) is 4.72. The van der Waals surface area contributed by atoms with Crippen LogP contribution in [-0.4, -0.2) is 0 Å². The molecule has 1 aromatic carbocycles. The highest BCUT2D eigenvalue weighted by molar-refractivity contribution is 5.63. The molecular formula is C9H10F3N3. The summed E-state index contributed by atoms with van der Waals surface area (Å²) in [7, 11) is 0. The van der Waals surface area contributed by atoms with Gasteiger partial charge in [0.25, 0.3) is 0 Å². The van der Waals surface area contributed by atoms with Crippen molar-refractivity contribution < 1.29 is 13.2 Å². The van der Waals surface area contributed by atoms with Crippen LogP contribution in [0.25, 0.3) is 5.70 Å². The first-order chi connectivity index (χ1) is 6.99. The SMILES string of the molecule is N/C=C(\NN)c1cccc(C(F)(F)F)c1. The molecule has 0 unspecified atom stereocenters. The summed E-state index contributed by atoms with van der Waals surface area (Å²) >= 11 is 0. The maximum Gasteiger partial charge on any atom is 0.416 e. The van der Waals surface area contributed by atoms with Crippen LogP contribution < -0.4 is 17.0 Å². The Morgan fingerprint density at radius 2 is 2.00 bits per heavy atom. The van der Waals surface area contributed by atoms with Crippen LogP contribution in [0, 0.1) is 0 Å². The van der Waals surface area contributed by atoms with Crippen molar-refractivity contribution in [1.82, 2.24) is 5.43 Å². The third-order valence-electron chi connectivity index (χ3n) is 1.82. The summed E-state index contributed by atoms with van der Waals surface area (Å²) in [4.78, 5) is 0. The molecule has 0 aliphatic carbocycles. The van der Waals surface area contributed by atoms with Gasteiger partial charge in [-0.1, -0.05) is 12.1 Å². The van der Waals surface area contributed by atoms with E-state index in [1.807, 2.05) is 0 Å². The lowest BCUT2D eigenvalue weighted by molar-refractivity contribution is -0.137. The summed E-state index contributed by atoms with van der Waals surface area (Å²) < 4.78 is 37.0. The summed E-state index contributed by atoms with van der Waals surface area (Å²) in [5, 5.41) is 0. The van der Waals surface area contributed by atoms with Crippen molar-refractivity contribution in [3.05, 3.63) is 41.6 Å². The van der Waals surface area contributed by atoms with Crippen LogP contribution >= 0.6 is 0 Å². The fourth-order valence-electron chi connectivity index (χ4n) is 1.09. The monoisotopic (exact) mass is 217 g/mol. The van der Waals surface area contributed by atoms with Crippen molar-refractivity contribution in [2.45, 2.75) is 6.18 Å². The van der Waals surface area contributed by atoms with Crippen molar-refractivity contribution in [1.29, 1.82) is 0 Å². The molecule has 3 nitrogen and oxygen atoms in total. The van der Waals surface area contributed by atoms with Crippen molar-refractivity contribution in [3.63, 3.8) is 0 Å². The minimum atomic E-state index is -4.37. The van der Waals surface area contributed by atoms with Crippen LogP contribution in [0.2, 0.25) is 0 Å². The van der Waals surface area contributed by atoms with Gasteiger partial charge in [-0.3, -0.25) is 5.84 Å². The number of hydrazine groups is 1. The van der Waals surface area contributed by atoms with Gasteiger partial charge in [-0.25, -0.2) is 0 Å². The number of nitrogens with one attached hydrogen (secondary N) is 1. The molecule has 1 aromatic rings. The second-order valence-electron chi connectivity index (χ2n) is 2.80. The number of halogens is 3. The molecule has 0 aliphatic heterocycles. The second kappa shape index (κ2) is 4.22. The van der Waals surface area contributed by atoms with Crippen LogP contribution in [0.5, 0.6) is 0 Å². The van der Waals surface area contributed by atoms with E-state index in [9.17, 15) is 13.2 Å². The number of rotatable bonds is 2. The fraction of sp³-hybridized carbons (Fsp3) is 0.111. The third kappa shape index (κ3) is 2.63. The Bertz CT molecular complexity index is 371. The summed E-state index contributed by atoms with van der Waals surface area (Å²) in [5.41, 5.74) is 7.19. The standard InChI is InChI=1S/C9H10F3N3/c10-9(11,12)7-3-1-2-6(4-7)8(5-13)15-14/h1-5,15H,13-14H2/b8-5-. The number of hydrogen-bond acceptors (Lipinski definition) is 3. The minimum Gasteiger partial charge on any atom is -0.403 e. The van der Waals surface area contributed by atoms with E-state index in [0.29, 0.717) is 0 Å². The molecule has 0 amide bonds. The molecule has 0 spiro atoms. The summed E-state index contributed by atoms with van der Waals surface area (Å²) in [5.74, 6) is 5.09. The molecule has 0 radical (unpaired) electrons. The Labute approximate surface area is 84.5 Å². The smallest absolute Gasteiger partial charge is 0.403 e. The largest absolute Gasteiger partial charge is 0.416 e. The molecule has 0 heterocycles. The topological polar surface area (TPSA) is 64.1 Å². The van der Waals surface area contributed by atoms with Crippen LogP contribution in [0.1, 0.15) is 11.1 Å². The molecule has 15 heavy (non-hydrogen) atoms. The van der Waals surface area contributed by atoms with E-state index in [1.54, 1.807) is 0 Å². The number of nitrogens with two attached hydrogens (primary N) is 2. The van der Waals surface area contributed by atoms with Gasteiger partial charge in [0.1, 0.15) is 0 Å². The van der Waals surface area contributed by atoms with Crippen LogP contribution in [0.3, 0.4) is 0 Å². The lowest BCUT2D eigenvalue weighted by atomic mass is 10.1. The van der Waals surface area contributed by atoms with E-state index in [-0.39, 0.29) is 11.3 Å². The van der Waals surface area contributed by atoms with Crippen LogP contribution in [0.15, 0.2) is 30.5 Å². The van der Waals surface area contributed by atoms with Gasteiger partial charge in [-0.05, 0) is 12.1 Å². The molecule has 0 saturated carbocycles. The van der Waals surface area contributed by atoms with Crippen molar-refractivity contribution in [2.24, 2.45) is 11.6 Å². The zero-order valence-electron chi connectivity index (χ0n) is 7.68. The van der Waals surface area contributed by atoms with Crippen molar-refractivity contribution in [3.8, 4) is 0 Å². The van der Waals surface area contributed by atoms with Gasteiger partial charge < -0.3 is 11.2 Å². The van der Waals surface area contributed by atoms with Crippen LogP contribution in [-0.2, 0) is 6.18 Å². The molecule has 0 fully saturated rings. The van der Waals surface area contributed by atoms with E-state index in [0.717, 1.165) is 18.3 Å². The highest BCUT2D eigenvalue weighted by atomic mass is 19.4. The quantitative estimate of drug-likeness (QED) is 0.518. The minimum absolute atomic E-state index is 0.237. The molecule has 0 aliphatic rings. The van der Waals surface area contributed by atoms with Gasteiger partial charge in [-0.2, -0.15) is 13.2 Å².